The van der Waals surface area contributed by atoms with Crippen molar-refractivity contribution >= 4 is 21.6 Å². The largest absolute Gasteiger partial charge is 0.573 e. The Morgan fingerprint density at radius 3 is 2.72 bits per heavy atom. The maximum Gasteiger partial charge on any atom is 0.573 e. The summed E-state index contributed by atoms with van der Waals surface area (Å²) in [5, 5.41) is 16.5. The molecule has 29 heavy (non-hydrogen) atoms. The second-order valence-electron chi connectivity index (χ2n) is 6.47. The van der Waals surface area contributed by atoms with Crippen LogP contribution >= 0.6 is 11.3 Å². The van der Waals surface area contributed by atoms with Gasteiger partial charge in [0.1, 0.15) is 11.4 Å². The number of fused-ring (bicyclic) bond motifs is 1. The molecule has 0 atom stereocenters. The minimum absolute atomic E-state index is 0.239. The Hall–Kier alpha value is -3.14. The van der Waals surface area contributed by atoms with Crippen molar-refractivity contribution in [1.29, 1.82) is 5.41 Å². The standard InChI is InChI=1S/C19H16F3N5OS/c1-12-3-2-4-13(9-12)15-11-26(25-24-15)7-8-27-16-6-5-14(28-19(20,21)22)10-17(16)29-18(27)23/h2-6,9-11,23H,7-8H2,1H3. The van der Waals surface area contributed by atoms with Gasteiger partial charge in [-0.3, -0.25) is 10.1 Å². The van der Waals surface area contributed by atoms with Crippen molar-refractivity contribution in [2.24, 2.45) is 0 Å². The fraction of sp³-hybridized carbons (Fsp3) is 0.211. The lowest BCUT2D eigenvalue weighted by molar-refractivity contribution is -0.274. The van der Waals surface area contributed by atoms with E-state index in [4.69, 9.17) is 5.41 Å². The number of ether oxygens (including phenoxy) is 1. The molecule has 2 heterocycles. The van der Waals surface area contributed by atoms with Gasteiger partial charge in [-0.2, -0.15) is 0 Å². The molecule has 2 aromatic heterocycles. The molecule has 0 amide bonds. The van der Waals surface area contributed by atoms with Crippen LogP contribution in [0.25, 0.3) is 21.5 Å². The van der Waals surface area contributed by atoms with E-state index in [1.165, 1.54) is 18.2 Å². The molecule has 0 radical (unpaired) electrons. The van der Waals surface area contributed by atoms with Crippen molar-refractivity contribution < 1.29 is 17.9 Å². The highest BCUT2D eigenvalue weighted by atomic mass is 32.1. The van der Waals surface area contributed by atoms with Gasteiger partial charge >= 0.3 is 6.36 Å². The number of thiazole rings is 1. The molecule has 0 saturated heterocycles. The number of aryl methyl sites for hydroxylation is 3. The maximum atomic E-state index is 12.4. The number of aromatic nitrogens is 4. The molecule has 150 valence electrons. The zero-order chi connectivity index (χ0) is 20.6. The van der Waals surface area contributed by atoms with E-state index in [9.17, 15) is 13.2 Å². The smallest absolute Gasteiger partial charge is 0.406 e. The molecule has 0 aliphatic rings. The van der Waals surface area contributed by atoms with E-state index in [-0.39, 0.29) is 10.6 Å². The lowest BCUT2D eigenvalue weighted by Crippen LogP contribution is -2.17. The van der Waals surface area contributed by atoms with Crippen LogP contribution < -0.4 is 9.54 Å². The van der Waals surface area contributed by atoms with Gasteiger partial charge in [0.15, 0.2) is 4.80 Å². The van der Waals surface area contributed by atoms with Crippen molar-refractivity contribution in [3.05, 3.63) is 59.0 Å². The molecule has 4 rings (SSSR count). The Labute approximate surface area is 167 Å². The normalized spacial score (nSPS) is 11.9. The fourth-order valence-corrected chi connectivity index (χ4v) is 4.00. The van der Waals surface area contributed by atoms with Gasteiger partial charge in [-0.25, -0.2) is 0 Å². The molecule has 0 aliphatic carbocycles. The predicted molar refractivity (Wildman–Crippen MR) is 103 cm³/mol. The van der Waals surface area contributed by atoms with Gasteiger partial charge in [-0.1, -0.05) is 40.3 Å². The van der Waals surface area contributed by atoms with E-state index in [1.807, 2.05) is 37.4 Å². The van der Waals surface area contributed by atoms with Gasteiger partial charge < -0.3 is 9.30 Å². The fourth-order valence-electron chi connectivity index (χ4n) is 3.03. The summed E-state index contributed by atoms with van der Waals surface area (Å²) in [4.78, 5) is 0.239. The third kappa shape index (κ3) is 4.32. The topological polar surface area (TPSA) is 68.7 Å². The van der Waals surface area contributed by atoms with Gasteiger partial charge in [0.2, 0.25) is 0 Å². The van der Waals surface area contributed by atoms with E-state index in [0.29, 0.717) is 23.3 Å². The van der Waals surface area contributed by atoms with Gasteiger partial charge in [0, 0.05) is 12.1 Å². The first-order valence-corrected chi connectivity index (χ1v) is 9.51. The molecule has 0 fully saturated rings. The Morgan fingerprint density at radius 2 is 1.97 bits per heavy atom. The third-order valence-electron chi connectivity index (χ3n) is 4.31. The number of hydrogen-bond acceptors (Lipinski definition) is 5. The summed E-state index contributed by atoms with van der Waals surface area (Å²) in [6, 6.07) is 12.0. The van der Waals surface area contributed by atoms with Crippen LogP contribution in [0.1, 0.15) is 5.56 Å². The maximum absolute atomic E-state index is 12.4. The first-order chi connectivity index (χ1) is 13.8. The Bertz CT molecular complexity index is 1220. The molecule has 0 saturated carbocycles. The summed E-state index contributed by atoms with van der Waals surface area (Å²) in [6.07, 6.45) is -2.91. The molecule has 10 heteroatoms. The van der Waals surface area contributed by atoms with Gasteiger partial charge in [0.05, 0.1) is 23.0 Å². The molecule has 0 unspecified atom stereocenters. The van der Waals surface area contributed by atoms with Crippen LogP contribution in [0.3, 0.4) is 0 Å². The molecule has 2 aromatic carbocycles. The number of nitrogens with zero attached hydrogens (tertiary/aromatic N) is 4. The molecule has 0 spiro atoms. The molecule has 0 aliphatic heterocycles. The highest BCUT2D eigenvalue weighted by Crippen LogP contribution is 2.28. The summed E-state index contributed by atoms with van der Waals surface area (Å²) in [6.45, 7) is 2.92. The number of nitrogens with one attached hydrogen (secondary N) is 1. The molecule has 4 aromatic rings. The van der Waals surface area contributed by atoms with Gasteiger partial charge in [-0.15, -0.1) is 18.3 Å². The lowest BCUT2D eigenvalue weighted by atomic mass is 10.1. The van der Waals surface area contributed by atoms with Crippen molar-refractivity contribution in [2.75, 3.05) is 0 Å². The predicted octanol–water partition coefficient (Wildman–Crippen LogP) is 4.35. The summed E-state index contributed by atoms with van der Waals surface area (Å²) < 4.78 is 45.1. The van der Waals surface area contributed by atoms with E-state index >= 15 is 0 Å². The first kappa shape index (κ1) is 19.2. The number of rotatable bonds is 5. The van der Waals surface area contributed by atoms with Crippen LogP contribution in [0, 0.1) is 12.3 Å². The molecular weight excluding hydrogens is 403 g/mol. The van der Waals surface area contributed by atoms with Crippen molar-refractivity contribution in [3.63, 3.8) is 0 Å². The van der Waals surface area contributed by atoms with Crippen LogP contribution in [0.4, 0.5) is 13.2 Å². The molecule has 0 bridgehead atoms. The first-order valence-electron chi connectivity index (χ1n) is 8.69. The monoisotopic (exact) mass is 419 g/mol. The minimum Gasteiger partial charge on any atom is -0.406 e. The SMILES string of the molecule is Cc1cccc(-c2cn(CCn3c(=N)sc4cc(OC(F)(F)F)ccc43)nn2)c1. The number of hydrogen-bond donors (Lipinski definition) is 1. The summed E-state index contributed by atoms with van der Waals surface area (Å²) in [7, 11) is 0. The lowest BCUT2D eigenvalue weighted by Gasteiger charge is -2.09. The highest BCUT2D eigenvalue weighted by molar-refractivity contribution is 7.16. The Morgan fingerprint density at radius 1 is 1.14 bits per heavy atom. The van der Waals surface area contributed by atoms with Crippen LogP contribution in [-0.4, -0.2) is 25.9 Å². The van der Waals surface area contributed by atoms with Crippen molar-refractivity contribution in [3.8, 4) is 17.0 Å². The average molecular weight is 419 g/mol. The Kier molecular flexibility index (Phi) is 4.87. The van der Waals surface area contributed by atoms with Crippen LogP contribution in [0.15, 0.2) is 48.7 Å². The average Bonchev–Trinajstić information content (AvgIpc) is 3.22. The number of benzene rings is 2. The van der Waals surface area contributed by atoms with Gasteiger partial charge in [-0.05, 0) is 31.2 Å². The van der Waals surface area contributed by atoms with Crippen molar-refractivity contribution in [2.45, 2.75) is 26.4 Å². The molecule has 6 nitrogen and oxygen atoms in total. The van der Waals surface area contributed by atoms with E-state index < -0.39 is 6.36 Å². The van der Waals surface area contributed by atoms with E-state index in [2.05, 4.69) is 15.0 Å². The van der Waals surface area contributed by atoms with Crippen molar-refractivity contribution in [1.82, 2.24) is 19.6 Å². The second-order valence-corrected chi connectivity index (χ2v) is 7.50. The van der Waals surface area contributed by atoms with Crippen LogP contribution in [0.5, 0.6) is 5.75 Å². The molecule has 1 N–H and O–H groups in total. The summed E-state index contributed by atoms with van der Waals surface area (Å²) in [5.74, 6) is -0.294. The zero-order valence-corrected chi connectivity index (χ0v) is 16.1. The van der Waals surface area contributed by atoms with Gasteiger partial charge in [0.25, 0.3) is 0 Å². The van der Waals surface area contributed by atoms with E-state index in [0.717, 1.165) is 28.2 Å². The summed E-state index contributed by atoms with van der Waals surface area (Å²) in [5.41, 5.74) is 3.54. The third-order valence-corrected chi connectivity index (χ3v) is 5.27. The highest BCUT2D eigenvalue weighted by Gasteiger charge is 2.31. The zero-order valence-electron chi connectivity index (χ0n) is 15.3. The number of halogens is 3. The van der Waals surface area contributed by atoms with Crippen LogP contribution in [0.2, 0.25) is 0 Å². The summed E-state index contributed by atoms with van der Waals surface area (Å²) >= 11 is 1.09. The molecular formula is C19H16F3N5OS. The van der Waals surface area contributed by atoms with E-state index in [1.54, 1.807) is 9.25 Å². The Balaban J connectivity index is 1.53. The quantitative estimate of drug-likeness (QED) is 0.523. The second kappa shape index (κ2) is 7.36. The van der Waals surface area contributed by atoms with Crippen LogP contribution in [-0.2, 0) is 13.1 Å². The number of alkyl halides is 3. The minimum atomic E-state index is -4.74.